The Morgan fingerprint density at radius 3 is 2.38 bits per heavy atom. The van der Waals surface area contributed by atoms with Crippen molar-refractivity contribution in [3.05, 3.63) is 48.0 Å². The van der Waals surface area contributed by atoms with Gasteiger partial charge in [-0.25, -0.2) is 4.79 Å². The molecular weight excluding hydrogens is 370 g/mol. The fraction of sp³-hybridized carbons (Fsp3) is 0.409. The molecule has 1 saturated heterocycles. The van der Waals surface area contributed by atoms with Gasteiger partial charge in [-0.3, -0.25) is 0 Å². The summed E-state index contributed by atoms with van der Waals surface area (Å²) in [4.78, 5) is 16.6. The maximum Gasteiger partial charge on any atom is 0.317 e. The van der Waals surface area contributed by atoms with Gasteiger partial charge in [0.05, 0.1) is 21.3 Å². The van der Waals surface area contributed by atoms with E-state index in [1.54, 1.807) is 21.3 Å². The topological polar surface area (TPSA) is 63.3 Å². The zero-order valence-electron chi connectivity index (χ0n) is 17.3. The van der Waals surface area contributed by atoms with Crippen molar-refractivity contribution in [3.8, 4) is 17.2 Å². The van der Waals surface area contributed by atoms with Crippen LogP contribution in [0.15, 0.2) is 42.5 Å². The number of amides is 2. The van der Waals surface area contributed by atoms with Gasteiger partial charge >= 0.3 is 6.03 Å². The molecule has 0 radical (unpaired) electrons. The van der Waals surface area contributed by atoms with E-state index in [-0.39, 0.29) is 6.03 Å². The van der Waals surface area contributed by atoms with E-state index < -0.39 is 0 Å². The highest BCUT2D eigenvalue weighted by atomic mass is 16.5. The first-order chi connectivity index (χ1) is 14.1. The minimum absolute atomic E-state index is 0.0178. The summed E-state index contributed by atoms with van der Waals surface area (Å²) in [6.07, 6.45) is 0.732. The Balaban J connectivity index is 1.45. The summed E-state index contributed by atoms with van der Waals surface area (Å²) in [6.45, 7) is 3.57. The molecule has 7 nitrogen and oxygen atoms in total. The summed E-state index contributed by atoms with van der Waals surface area (Å²) in [5.74, 6) is 2.25. The Hall–Kier alpha value is -3.09. The molecule has 1 N–H and O–H groups in total. The average molecular weight is 399 g/mol. The van der Waals surface area contributed by atoms with Crippen LogP contribution in [0.5, 0.6) is 17.2 Å². The first kappa shape index (κ1) is 20.6. The molecule has 1 aliphatic heterocycles. The predicted octanol–water partition coefficient (Wildman–Crippen LogP) is 2.79. The van der Waals surface area contributed by atoms with Crippen LogP contribution in [0.4, 0.5) is 10.5 Å². The quantitative estimate of drug-likeness (QED) is 0.776. The van der Waals surface area contributed by atoms with E-state index in [4.69, 9.17) is 14.2 Å². The van der Waals surface area contributed by atoms with E-state index >= 15 is 0 Å². The van der Waals surface area contributed by atoms with Gasteiger partial charge in [0.2, 0.25) is 0 Å². The van der Waals surface area contributed by atoms with E-state index in [0.717, 1.165) is 36.5 Å². The third-order valence-corrected chi connectivity index (χ3v) is 5.12. The van der Waals surface area contributed by atoms with Crippen LogP contribution >= 0.6 is 0 Å². The average Bonchev–Trinajstić information content (AvgIpc) is 2.79. The molecule has 0 aliphatic carbocycles. The number of hydrogen-bond donors (Lipinski definition) is 1. The number of carbonyl (C=O) groups is 1. The fourth-order valence-electron chi connectivity index (χ4n) is 3.44. The Kier molecular flexibility index (Phi) is 7.05. The highest BCUT2D eigenvalue weighted by Crippen LogP contribution is 2.27. The molecule has 2 amide bonds. The van der Waals surface area contributed by atoms with Crippen LogP contribution in [0.25, 0.3) is 0 Å². The van der Waals surface area contributed by atoms with Crippen molar-refractivity contribution in [2.45, 2.75) is 6.42 Å². The summed E-state index contributed by atoms with van der Waals surface area (Å²) < 4.78 is 15.9. The van der Waals surface area contributed by atoms with Crippen molar-refractivity contribution in [1.29, 1.82) is 0 Å². The number of urea groups is 1. The van der Waals surface area contributed by atoms with Gasteiger partial charge in [0, 0.05) is 44.5 Å². The second kappa shape index (κ2) is 9.91. The van der Waals surface area contributed by atoms with Crippen LogP contribution in [0.3, 0.4) is 0 Å². The fourth-order valence-corrected chi connectivity index (χ4v) is 3.44. The Labute approximate surface area is 172 Å². The SMILES string of the molecule is COc1cccc(N2CCN(C(=O)NCCc3ccc(OC)c(OC)c3)CC2)c1. The second-order valence-electron chi connectivity index (χ2n) is 6.85. The van der Waals surface area contributed by atoms with E-state index in [9.17, 15) is 4.79 Å². The lowest BCUT2D eigenvalue weighted by atomic mass is 10.1. The van der Waals surface area contributed by atoms with Crippen LogP contribution < -0.4 is 24.4 Å². The maximum absolute atomic E-state index is 12.5. The largest absolute Gasteiger partial charge is 0.497 e. The van der Waals surface area contributed by atoms with Crippen molar-refractivity contribution in [2.24, 2.45) is 0 Å². The van der Waals surface area contributed by atoms with Crippen molar-refractivity contribution in [2.75, 3.05) is 59.0 Å². The van der Waals surface area contributed by atoms with Crippen molar-refractivity contribution >= 4 is 11.7 Å². The third-order valence-electron chi connectivity index (χ3n) is 5.12. The molecule has 29 heavy (non-hydrogen) atoms. The standard InChI is InChI=1S/C22H29N3O4/c1-27-19-6-4-5-18(16-19)24-11-13-25(14-12-24)22(26)23-10-9-17-7-8-20(28-2)21(15-17)29-3/h4-8,15-16H,9-14H2,1-3H3,(H,23,26). The second-order valence-corrected chi connectivity index (χ2v) is 6.85. The summed E-state index contributed by atoms with van der Waals surface area (Å²) in [5, 5.41) is 3.02. The summed E-state index contributed by atoms with van der Waals surface area (Å²) >= 11 is 0. The van der Waals surface area contributed by atoms with Crippen LogP contribution in [-0.4, -0.2) is 65.0 Å². The Bertz CT molecular complexity index is 819. The smallest absolute Gasteiger partial charge is 0.317 e. The zero-order valence-corrected chi connectivity index (χ0v) is 17.3. The van der Waals surface area contributed by atoms with Crippen molar-refractivity contribution in [1.82, 2.24) is 10.2 Å². The first-order valence-electron chi connectivity index (χ1n) is 9.77. The molecule has 0 atom stereocenters. The number of hydrogen-bond acceptors (Lipinski definition) is 5. The molecule has 2 aromatic rings. The van der Waals surface area contributed by atoms with Gasteiger partial charge in [0.1, 0.15) is 5.75 Å². The number of rotatable bonds is 7. The number of anilines is 1. The number of benzene rings is 2. The number of piperazine rings is 1. The molecule has 0 bridgehead atoms. The van der Waals surface area contributed by atoms with Crippen molar-refractivity contribution < 1.29 is 19.0 Å². The Morgan fingerprint density at radius 1 is 0.931 bits per heavy atom. The van der Waals surface area contributed by atoms with Gasteiger partial charge in [0.25, 0.3) is 0 Å². The highest BCUT2D eigenvalue weighted by Gasteiger charge is 2.21. The highest BCUT2D eigenvalue weighted by molar-refractivity contribution is 5.74. The third kappa shape index (κ3) is 5.25. The van der Waals surface area contributed by atoms with Gasteiger partial charge in [-0.05, 0) is 36.2 Å². The van der Waals surface area contributed by atoms with E-state index in [2.05, 4.69) is 16.3 Å². The molecule has 1 aliphatic rings. The van der Waals surface area contributed by atoms with E-state index in [0.29, 0.717) is 31.1 Å². The molecule has 2 aromatic carbocycles. The van der Waals surface area contributed by atoms with Gasteiger partial charge in [-0.2, -0.15) is 0 Å². The van der Waals surface area contributed by atoms with Crippen LogP contribution in [0.1, 0.15) is 5.56 Å². The lowest BCUT2D eigenvalue weighted by Crippen LogP contribution is -2.52. The molecule has 0 spiro atoms. The lowest BCUT2D eigenvalue weighted by molar-refractivity contribution is 0.194. The number of carbonyl (C=O) groups excluding carboxylic acids is 1. The maximum atomic E-state index is 12.5. The number of ether oxygens (including phenoxy) is 3. The van der Waals surface area contributed by atoms with Gasteiger partial charge in [0.15, 0.2) is 11.5 Å². The van der Waals surface area contributed by atoms with Gasteiger partial charge in [-0.15, -0.1) is 0 Å². The lowest BCUT2D eigenvalue weighted by Gasteiger charge is -2.36. The summed E-state index contributed by atoms with van der Waals surface area (Å²) in [6, 6.07) is 13.8. The molecular formula is C22H29N3O4. The molecule has 0 saturated carbocycles. The molecule has 1 heterocycles. The normalized spacial score (nSPS) is 13.8. The predicted molar refractivity (Wildman–Crippen MR) is 113 cm³/mol. The molecule has 0 unspecified atom stereocenters. The van der Waals surface area contributed by atoms with Crippen LogP contribution in [0, 0.1) is 0 Å². The zero-order chi connectivity index (χ0) is 20.6. The monoisotopic (exact) mass is 399 g/mol. The molecule has 0 aromatic heterocycles. The van der Waals surface area contributed by atoms with E-state index in [1.165, 1.54) is 0 Å². The summed E-state index contributed by atoms with van der Waals surface area (Å²) in [7, 11) is 4.91. The van der Waals surface area contributed by atoms with Crippen LogP contribution in [0.2, 0.25) is 0 Å². The number of nitrogens with zero attached hydrogens (tertiary/aromatic N) is 2. The number of nitrogens with one attached hydrogen (secondary N) is 1. The Morgan fingerprint density at radius 2 is 1.69 bits per heavy atom. The minimum atomic E-state index is -0.0178. The first-order valence-corrected chi connectivity index (χ1v) is 9.77. The molecule has 3 rings (SSSR count). The van der Waals surface area contributed by atoms with E-state index in [1.807, 2.05) is 41.3 Å². The molecule has 1 fully saturated rings. The van der Waals surface area contributed by atoms with Gasteiger partial charge < -0.3 is 29.3 Å². The molecule has 156 valence electrons. The van der Waals surface area contributed by atoms with Crippen molar-refractivity contribution in [3.63, 3.8) is 0 Å². The summed E-state index contributed by atoms with van der Waals surface area (Å²) in [5.41, 5.74) is 2.21. The molecule has 7 heteroatoms. The van der Waals surface area contributed by atoms with Crippen LogP contribution in [-0.2, 0) is 6.42 Å². The minimum Gasteiger partial charge on any atom is -0.497 e. The van der Waals surface area contributed by atoms with Gasteiger partial charge in [-0.1, -0.05) is 12.1 Å². The number of methoxy groups -OCH3 is 3.